The molecule has 170 valence electrons. The smallest absolute Gasteiger partial charge is 0.223 e. The van der Waals surface area contributed by atoms with Gasteiger partial charge in [-0.15, -0.1) is 0 Å². The van der Waals surface area contributed by atoms with Crippen molar-refractivity contribution in [1.82, 2.24) is 13.8 Å². The number of benzene rings is 1. The number of methoxy groups -OCH3 is 1. The number of nitrogens with zero attached hydrogens (tertiary/aromatic N) is 3. The average molecular weight is 450 g/mol. The van der Waals surface area contributed by atoms with Gasteiger partial charge in [-0.1, -0.05) is 6.92 Å². The molecule has 1 aromatic heterocycles. The molecule has 31 heavy (non-hydrogen) atoms. The van der Waals surface area contributed by atoms with E-state index in [0.29, 0.717) is 26.1 Å². The van der Waals surface area contributed by atoms with Crippen LogP contribution in [0.3, 0.4) is 0 Å². The number of fused-ring (bicyclic) bond motifs is 4. The Morgan fingerprint density at radius 3 is 2.55 bits per heavy atom. The minimum absolute atomic E-state index is 0.00814. The molecular weight excluding hydrogens is 418 g/mol. The number of carbonyl (C=O) groups excluding carboxylic acids is 1. The zero-order chi connectivity index (χ0) is 22.6. The van der Waals surface area contributed by atoms with Gasteiger partial charge in [0.25, 0.3) is 0 Å². The number of aliphatic hydroxyl groups excluding tert-OH is 1. The summed E-state index contributed by atoms with van der Waals surface area (Å²) >= 11 is 0. The maximum atomic E-state index is 13.0. The Morgan fingerprint density at radius 1 is 1.26 bits per heavy atom. The topological polar surface area (TPSA) is 92.1 Å². The van der Waals surface area contributed by atoms with Crippen LogP contribution in [0.1, 0.15) is 44.0 Å². The molecule has 1 fully saturated rings. The Labute approximate surface area is 183 Å². The highest BCUT2D eigenvalue weighted by molar-refractivity contribution is 7.89. The van der Waals surface area contributed by atoms with Crippen molar-refractivity contribution in [3.05, 3.63) is 29.5 Å². The van der Waals surface area contributed by atoms with E-state index in [2.05, 4.69) is 0 Å². The summed E-state index contributed by atoms with van der Waals surface area (Å²) in [5.74, 6) is 0.773. The predicted octanol–water partition coefficient (Wildman–Crippen LogP) is 1.77. The summed E-state index contributed by atoms with van der Waals surface area (Å²) < 4.78 is 33.9. The van der Waals surface area contributed by atoms with E-state index >= 15 is 0 Å². The summed E-state index contributed by atoms with van der Waals surface area (Å²) in [6, 6.07) is 5.40. The summed E-state index contributed by atoms with van der Waals surface area (Å²) in [5, 5.41) is 11.3. The van der Waals surface area contributed by atoms with Crippen LogP contribution in [0.5, 0.6) is 5.75 Å². The molecule has 0 radical (unpaired) electrons. The highest BCUT2D eigenvalue weighted by Crippen LogP contribution is 2.50. The van der Waals surface area contributed by atoms with Gasteiger partial charge in [-0.3, -0.25) is 4.79 Å². The van der Waals surface area contributed by atoms with Crippen molar-refractivity contribution in [3.63, 3.8) is 0 Å². The van der Waals surface area contributed by atoms with Crippen LogP contribution < -0.4 is 4.74 Å². The lowest BCUT2D eigenvalue weighted by atomic mass is 9.70. The highest BCUT2D eigenvalue weighted by atomic mass is 32.2. The van der Waals surface area contributed by atoms with E-state index in [4.69, 9.17) is 4.74 Å². The van der Waals surface area contributed by atoms with Crippen molar-refractivity contribution >= 4 is 26.8 Å². The molecule has 1 saturated heterocycles. The molecule has 3 heterocycles. The molecule has 1 aromatic carbocycles. The molecule has 1 amide bonds. The van der Waals surface area contributed by atoms with E-state index in [0.717, 1.165) is 34.3 Å². The molecule has 0 aliphatic carbocycles. The van der Waals surface area contributed by atoms with Crippen molar-refractivity contribution in [2.24, 2.45) is 7.05 Å². The van der Waals surface area contributed by atoms with Gasteiger partial charge in [0.2, 0.25) is 15.9 Å². The summed E-state index contributed by atoms with van der Waals surface area (Å²) in [5.41, 5.74) is 2.40. The Hall–Kier alpha value is -2.10. The van der Waals surface area contributed by atoms with Crippen molar-refractivity contribution in [2.45, 2.75) is 38.1 Å². The van der Waals surface area contributed by atoms with Gasteiger partial charge in [0.05, 0.1) is 31.0 Å². The molecule has 1 N–H and O–H groups in total. The van der Waals surface area contributed by atoms with Crippen molar-refractivity contribution in [2.75, 3.05) is 39.1 Å². The van der Waals surface area contributed by atoms with Crippen LogP contribution in [0.25, 0.3) is 10.9 Å². The van der Waals surface area contributed by atoms with Crippen LogP contribution in [0.4, 0.5) is 0 Å². The second-order valence-corrected chi connectivity index (χ2v) is 10.9. The minimum Gasteiger partial charge on any atom is -0.497 e. The normalized spacial score (nSPS) is 20.7. The first-order valence-corrected chi connectivity index (χ1v) is 12.4. The number of ether oxygens (including phenoxy) is 1. The van der Waals surface area contributed by atoms with Crippen LogP contribution in [0.15, 0.2) is 18.2 Å². The molecule has 9 heteroatoms. The molecule has 2 aliphatic heterocycles. The number of rotatable bonds is 6. The molecule has 0 unspecified atom stereocenters. The summed E-state index contributed by atoms with van der Waals surface area (Å²) in [7, 11) is 0.242. The van der Waals surface area contributed by atoms with Crippen LogP contribution in [-0.4, -0.2) is 72.3 Å². The summed E-state index contributed by atoms with van der Waals surface area (Å²) in [6.07, 6.45) is 1.12. The molecule has 0 bridgehead atoms. The Bertz CT molecular complexity index is 1120. The molecule has 1 spiro atoms. The second kappa shape index (κ2) is 7.79. The van der Waals surface area contributed by atoms with Gasteiger partial charge in [-0.05, 0) is 31.0 Å². The van der Waals surface area contributed by atoms with Crippen LogP contribution in [0, 0.1) is 0 Å². The minimum atomic E-state index is -3.31. The van der Waals surface area contributed by atoms with Gasteiger partial charge < -0.3 is 19.3 Å². The third-order valence-electron chi connectivity index (χ3n) is 6.82. The Kier molecular flexibility index (Phi) is 5.56. The molecule has 1 atom stereocenters. The lowest BCUT2D eigenvalue weighted by Gasteiger charge is -2.55. The van der Waals surface area contributed by atoms with Gasteiger partial charge >= 0.3 is 0 Å². The maximum absolute atomic E-state index is 13.0. The van der Waals surface area contributed by atoms with Gasteiger partial charge in [0.1, 0.15) is 5.75 Å². The third kappa shape index (κ3) is 3.25. The predicted molar refractivity (Wildman–Crippen MR) is 119 cm³/mol. The summed E-state index contributed by atoms with van der Waals surface area (Å²) in [6.45, 7) is 4.52. The van der Waals surface area contributed by atoms with Gasteiger partial charge in [-0.25, -0.2) is 8.42 Å². The first-order chi connectivity index (χ1) is 14.7. The standard InChI is InChI=1S/C22H31N3O5S/c1-5-7-19(27)25-14-22(12-24(13-22)31(28,29)6-2)20-16-9-8-15(30-4)10-17(16)23(3)21(20)18(25)11-26/h8-10,18,26H,5-7,11-14H2,1-4H3/t18-/m1/s1. The number of hydrogen-bond donors (Lipinski definition) is 1. The fraction of sp³-hybridized carbons (Fsp3) is 0.591. The monoisotopic (exact) mass is 449 g/mol. The summed E-state index contributed by atoms with van der Waals surface area (Å²) in [4.78, 5) is 14.8. The number of amides is 1. The lowest BCUT2D eigenvalue weighted by Crippen LogP contribution is -2.68. The zero-order valence-electron chi connectivity index (χ0n) is 18.6. The molecule has 0 saturated carbocycles. The van der Waals surface area contributed by atoms with Gasteiger partial charge in [0, 0.05) is 55.7 Å². The third-order valence-corrected chi connectivity index (χ3v) is 8.60. The average Bonchev–Trinajstić information content (AvgIpc) is 3.03. The Balaban J connectivity index is 1.92. The van der Waals surface area contributed by atoms with E-state index in [1.54, 1.807) is 18.9 Å². The quantitative estimate of drug-likeness (QED) is 0.726. The number of aliphatic hydroxyl groups is 1. The molecule has 2 aromatic rings. The maximum Gasteiger partial charge on any atom is 0.223 e. The first-order valence-electron chi connectivity index (χ1n) is 10.8. The first kappa shape index (κ1) is 22.1. The van der Waals surface area contributed by atoms with Crippen molar-refractivity contribution in [3.8, 4) is 5.75 Å². The SMILES string of the molecule is CCCC(=O)N1CC2(CN(S(=O)(=O)CC)C2)c2c(n(C)c3cc(OC)ccc23)[C@H]1CO. The second-order valence-electron chi connectivity index (χ2n) is 8.62. The van der Waals surface area contributed by atoms with Crippen LogP contribution >= 0.6 is 0 Å². The highest BCUT2D eigenvalue weighted by Gasteiger charge is 2.56. The molecular formula is C22H31N3O5S. The molecule has 4 rings (SSSR count). The van der Waals surface area contributed by atoms with Crippen LogP contribution in [-0.2, 0) is 27.3 Å². The van der Waals surface area contributed by atoms with Crippen molar-refractivity contribution in [1.29, 1.82) is 0 Å². The number of aromatic nitrogens is 1. The lowest BCUT2D eigenvalue weighted by molar-refractivity contribution is -0.138. The van der Waals surface area contributed by atoms with E-state index < -0.39 is 21.5 Å². The van der Waals surface area contributed by atoms with Crippen molar-refractivity contribution < 1.29 is 23.1 Å². The van der Waals surface area contributed by atoms with Crippen LogP contribution in [0.2, 0.25) is 0 Å². The zero-order valence-corrected chi connectivity index (χ0v) is 19.4. The molecule has 8 nitrogen and oxygen atoms in total. The van der Waals surface area contributed by atoms with Gasteiger partial charge in [-0.2, -0.15) is 4.31 Å². The van der Waals surface area contributed by atoms with E-state index in [9.17, 15) is 18.3 Å². The largest absolute Gasteiger partial charge is 0.497 e. The fourth-order valence-electron chi connectivity index (χ4n) is 5.24. The fourth-order valence-corrected chi connectivity index (χ4v) is 6.50. The number of aryl methyl sites for hydroxylation is 1. The van der Waals surface area contributed by atoms with E-state index in [1.165, 1.54) is 4.31 Å². The number of carbonyl (C=O) groups is 1. The van der Waals surface area contributed by atoms with Gasteiger partial charge in [0.15, 0.2) is 0 Å². The Morgan fingerprint density at radius 2 is 1.97 bits per heavy atom. The number of hydrogen-bond acceptors (Lipinski definition) is 5. The van der Waals surface area contributed by atoms with E-state index in [1.807, 2.05) is 36.7 Å². The van der Waals surface area contributed by atoms with E-state index in [-0.39, 0.29) is 18.3 Å². The molecule has 2 aliphatic rings. The number of sulfonamides is 1.